The lowest BCUT2D eigenvalue weighted by Crippen LogP contribution is -2.27. The van der Waals surface area contributed by atoms with E-state index in [0.717, 1.165) is 101 Å². The molecule has 16 rings (SSSR count). The summed E-state index contributed by atoms with van der Waals surface area (Å²) in [5.74, 6) is 1.34. The van der Waals surface area contributed by atoms with Crippen LogP contribution in [-0.2, 0) is 0 Å². The Morgan fingerprint density at radius 1 is 0.224 bits per heavy atom. The highest BCUT2D eigenvalue weighted by atomic mass is 14.9. The zero-order chi connectivity index (χ0) is 50.1. The van der Waals surface area contributed by atoms with Gasteiger partial charge in [0.25, 0.3) is 0 Å². The summed E-state index contributed by atoms with van der Waals surface area (Å²) >= 11 is 0. The first-order valence-electron chi connectivity index (χ1n) is 25.5. The number of hydrogen-bond acceptors (Lipinski definition) is 8. The van der Waals surface area contributed by atoms with Crippen LogP contribution >= 0.6 is 0 Å². The molecule has 0 spiro atoms. The molecule has 0 saturated heterocycles. The third-order valence-corrected chi connectivity index (χ3v) is 15.0. The number of para-hydroxylation sites is 4. The first-order valence-corrected chi connectivity index (χ1v) is 25.5. The van der Waals surface area contributed by atoms with Gasteiger partial charge in [0.2, 0.25) is 0 Å². The molecule has 2 unspecified atom stereocenters. The zero-order valence-electron chi connectivity index (χ0n) is 40.8. The predicted octanol–water partition coefficient (Wildman–Crippen LogP) is 15.5. The van der Waals surface area contributed by atoms with Crippen molar-refractivity contribution in [2.45, 2.75) is 11.8 Å². The first-order chi connectivity index (χ1) is 37.6. The SMILES string of the molecule is c1ccc(-c2nc(-c3ccc4c(c3)C3c5ccccc5C4c4cc(-c5cc(-c6ccccc6-c6cnc7ccccc7n6)nc(-c6ccccc6)n5)ccc43)cc(-c3ccccc3-c3cnc4ccccc4n3)n2)cc1. The molecule has 3 aliphatic carbocycles. The number of fused-ring (bicyclic) bond motifs is 2. The van der Waals surface area contributed by atoms with Crippen LogP contribution < -0.4 is 0 Å². The maximum absolute atomic E-state index is 5.32. The summed E-state index contributed by atoms with van der Waals surface area (Å²) in [5, 5.41) is 0. The van der Waals surface area contributed by atoms with E-state index in [-0.39, 0.29) is 11.8 Å². The lowest BCUT2D eigenvalue weighted by atomic mass is 9.60. The van der Waals surface area contributed by atoms with Crippen LogP contribution in [0.25, 0.3) is 112 Å². The predicted molar refractivity (Wildman–Crippen MR) is 302 cm³/mol. The molecular formula is C68H42N8. The Kier molecular flexibility index (Phi) is 10.2. The molecule has 0 radical (unpaired) electrons. The topological polar surface area (TPSA) is 103 Å². The number of benzene rings is 9. The second-order valence-corrected chi connectivity index (χ2v) is 19.4. The van der Waals surface area contributed by atoms with Crippen LogP contribution in [0.4, 0.5) is 0 Å². The number of aromatic nitrogens is 8. The maximum atomic E-state index is 5.32. The second-order valence-electron chi connectivity index (χ2n) is 19.4. The molecule has 4 aromatic heterocycles. The Morgan fingerprint density at radius 3 is 1.00 bits per heavy atom. The van der Waals surface area contributed by atoms with E-state index >= 15 is 0 Å². The van der Waals surface area contributed by atoms with Gasteiger partial charge < -0.3 is 0 Å². The van der Waals surface area contributed by atoms with Crippen LogP contribution in [0.1, 0.15) is 45.2 Å². The molecule has 2 bridgehead atoms. The highest BCUT2D eigenvalue weighted by molar-refractivity contribution is 5.88. The summed E-state index contributed by atoms with van der Waals surface area (Å²) in [6, 6.07) is 80.2. The van der Waals surface area contributed by atoms with Gasteiger partial charge in [0, 0.05) is 56.3 Å². The maximum Gasteiger partial charge on any atom is 0.160 e. The molecular weight excluding hydrogens is 929 g/mol. The van der Waals surface area contributed by atoms with Gasteiger partial charge >= 0.3 is 0 Å². The molecule has 9 aromatic carbocycles. The van der Waals surface area contributed by atoms with Gasteiger partial charge in [-0.05, 0) is 81.9 Å². The van der Waals surface area contributed by atoms with Crippen LogP contribution in [0.15, 0.2) is 243 Å². The van der Waals surface area contributed by atoms with Crippen LogP contribution in [0.2, 0.25) is 0 Å². The molecule has 13 aromatic rings. The molecule has 0 N–H and O–H groups in total. The third-order valence-electron chi connectivity index (χ3n) is 15.0. The van der Waals surface area contributed by atoms with E-state index in [9.17, 15) is 0 Å². The summed E-state index contributed by atoms with van der Waals surface area (Å²) < 4.78 is 0. The van der Waals surface area contributed by atoms with Crippen molar-refractivity contribution in [1.29, 1.82) is 0 Å². The molecule has 3 aliphatic rings. The minimum Gasteiger partial charge on any atom is -0.252 e. The highest BCUT2D eigenvalue weighted by Gasteiger charge is 2.41. The van der Waals surface area contributed by atoms with Gasteiger partial charge in [-0.2, -0.15) is 0 Å². The fraction of sp³-hybridized carbons (Fsp3) is 0.0294. The lowest BCUT2D eigenvalue weighted by molar-refractivity contribution is 0.755. The fourth-order valence-electron chi connectivity index (χ4n) is 11.5. The van der Waals surface area contributed by atoms with Gasteiger partial charge in [-0.15, -0.1) is 0 Å². The van der Waals surface area contributed by atoms with Crippen molar-refractivity contribution in [2.24, 2.45) is 0 Å². The van der Waals surface area contributed by atoms with Gasteiger partial charge in [-0.1, -0.05) is 182 Å². The molecule has 354 valence electrons. The summed E-state index contributed by atoms with van der Waals surface area (Å²) in [5.41, 5.74) is 23.9. The van der Waals surface area contributed by atoms with Gasteiger partial charge in [0.15, 0.2) is 11.6 Å². The van der Waals surface area contributed by atoms with Gasteiger partial charge in [-0.25, -0.2) is 29.9 Å². The van der Waals surface area contributed by atoms with Crippen LogP contribution in [0, 0.1) is 0 Å². The van der Waals surface area contributed by atoms with E-state index in [1.165, 1.54) is 33.4 Å². The van der Waals surface area contributed by atoms with Crippen molar-refractivity contribution >= 4 is 22.1 Å². The molecule has 76 heavy (non-hydrogen) atoms. The summed E-state index contributed by atoms with van der Waals surface area (Å²) in [6.07, 6.45) is 3.71. The molecule has 4 heterocycles. The summed E-state index contributed by atoms with van der Waals surface area (Å²) in [7, 11) is 0. The fourth-order valence-corrected chi connectivity index (χ4v) is 11.5. The minimum absolute atomic E-state index is 0.0121. The Balaban J connectivity index is 0.850. The molecule has 8 nitrogen and oxygen atoms in total. The lowest BCUT2D eigenvalue weighted by Gasteiger charge is -2.42. The van der Waals surface area contributed by atoms with Gasteiger partial charge in [0.05, 0.1) is 68.6 Å². The summed E-state index contributed by atoms with van der Waals surface area (Å²) in [6.45, 7) is 0. The molecule has 0 amide bonds. The molecule has 2 atom stereocenters. The summed E-state index contributed by atoms with van der Waals surface area (Å²) in [4.78, 5) is 40.9. The van der Waals surface area contributed by atoms with Crippen LogP contribution in [-0.4, -0.2) is 39.9 Å². The van der Waals surface area contributed by atoms with E-state index in [1.54, 1.807) is 0 Å². The van der Waals surface area contributed by atoms with Crippen molar-refractivity contribution in [3.8, 4) is 90.3 Å². The Labute approximate surface area is 438 Å². The molecule has 0 aliphatic heterocycles. The van der Waals surface area contributed by atoms with E-state index in [0.29, 0.717) is 11.6 Å². The van der Waals surface area contributed by atoms with E-state index < -0.39 is 0 Å². The van der Waals surface area contributed by atoms with E-state index in [1.807, 2.05) is 109 Å². The number of nitrogens with zero attached hydrogens (tertiary/aromatic N) is 8. The molecule has 8 heteroatoms. The standard InChI is InChI=1S/C68H42N8/c1-3-17-41(18-4-1)67-73-59(37-61(75-67)45-21-7-9-23-47(45)63-39-69-55-27-13-15-29-57(55)71-63)43-31-33-51-53(35-43)65-49-25-11-12-26-50(49)66(51)54-36-44(32-34-52(54)65)60-38-62(76-68(74-60)42-19-5-2-6-20-42)46-22-8-10-24-48(46)64-40-70-56-28-14-16-30-58(56)72-64/h1-40,65-66H. The largest absolute Gasteiger partial charge is 0.252 e. The smallest absolute Gasteiger partial charge is 0.160 e. The zero-order valence-corrected chi connectivity index (χ0v) is 40.8. The van der Waals surface area contributed by atoms with Crippen molar-refractivity contribution in [3.05, 3.63) is 276 Å². The molecule has 0 fully saturated rings. The van der Waals surface area contributed by atoms with Crippen molar-refractivity contribution < 1.29 is 0 Å². The normalized spacial score (nSPS) is 14.1. The van der Waals surface area contributed by atoms with Gasteiger partial charge in [0.1, 0.15) is 0 Å². The monoisotopic (exact) mass is 970 g/mol. The molecule has 0 saturated carbocycles. The number of rotatable bonds is 8. The van der Waals surface area contributed by atoms with Crippen molar-refractivity contribution in [2.75, 3.05) is 0 Å². The van der Waals surface area contributed by atoms with Crippen LogP contribution in [0.3, 0.4) is 0 Å². The second kappa shape index (κ2) is 17.8. The quantitative estimate of drug-likeness (QED) is 0.148. The van der Waals surface area contributed by atoms with Crippen molar-refractivity contribution in [3.63, 3.8) is 0 Å². The van der Waals surface area contributed by atoms with Gasteiger partial charge in [-0.3, -0.25) is 9.97 Å². The van der Waals surface area contributed by atoms with E-state index in [4.69, 9.17) is 39.9 Å². The average Bonchev–Trinajstić information content (AvgIpc) is 3.66. The minimum atomic E-state index is 0.0121. The Morgan fingerprint density at radius 2 is 0.566 bits per heavy atom. The highest BCUT2D eigenvalue weighted by Crippen LogP contribution is 2.57. The first kappa shape index (κ1) is 43.4. The third kappa shape index (κ3) is 7.37. The average molecular weight is 971 g/mol. The van der Waals surface area contributed by atoms with E-state index in [2.05, 4.69) is 133 Å². The Hall–Kier alpha value is -10.2. The van der Waals surface area contributed by atoms with Crippen molar-refractivity contribution in [1.82, 2.24) is 39.9 Å². The number of hydrogen-bond donors (Lipinski definition) is 0. The Bertz CT molecular complexity index is 4160. The van der Waals surface area contributed by atoms with Crippen LogP contribution in [0.5, 0.6) is 0 Å².